The number of rotatable bonds is 5. The maximum absolute atomic E-state index is 10.1. The lowest BCUT2D eigenvalue weighted by Crippen LogP contribution is -2.47. The summed E-state index contributed by atoms with van der Waals surface area (Å²) >= 11 is 5.95. The highest BCUT2D eigenvalue weighted by molar-refractivity contribution is 6.31. The maximum Gasteiger partial charge on any atom is 0.242 e. The van der Waals surface area contributed by atoms with E-state index in [2.05, 4.69) is 25.4 Å². The van der Waals surface area contributed by atoms with Gasteiger partial charge in [0.15, 0.2) is 0 Å². The molecule has 140 valence electrons. The summed E-state index contributed by atoms with van der Waals surface area (Å²) < 4.78 is 0. The van der Waals surface area contributed by atoms with Gasteiger partial charge in [0.2, 0.25) is 5.95 Å². The molecule has 0 saturated carbocycles. The fourth-order valence-electron chi connectivity index (χ4n) is 3.34. The molecule has 0 radical (unpaired) electrons. The molecular formula is C18H24ClN5O2. The van der Waals surface area contributed by atoms with Gasteiger partial charge in [-0.1, -0.05) is 11.6 Å². The van der Waals surface area contributed by atoms with Crippen LogP contribution in [0.4, 0.5) is 5.95 Å². The number of aliphatic hydroxyl groups excluding tert-OH is 1. The monoisotopic (exact) mass is 377 g/mol. The number of likely N-dealkylation sites (tertiary alicyclic amines) is 1. The lowest BCUT2D eigenvalue weighted by molar-refractivity contribution is 0.110. The second-order valence-corrected chi connectivity index (χ2v) is 7.23. The third-order valence-corrected chi connectivity index (χ3v) is 4.99. The molecule has 2 atom stereocenters. The van der Waals surface area contributed by atoms with Crippen LogP contribution >= 0.6 is 11.6 Å². The van der Waals surface area contributed by atoms with Gasteiger partial charge in [-0.25, -0.2) is 4.98 Å². The maximum atomic E-state index is 10.1. The van der Waals surface area contributed by atoms with E-state index in [0.717, 1.165) is 31.5 Å². The van der Waals surface area contributed by atoms with Crippen LogP contribution in [0.5, 0.6) is 5.75 Å². The average molecular weight is 378 g/mol. The Kier molecular flexibility index (Phi) is 5.90. The largest absolute Gasteiger partial charge is 0.507 e. The Morgan fingerprint density at radius 2 is 2.19 bits per heavy atom. The summed E-state index contributed by atoms with van der Waals surface area (Å²) in [6.07, 6.45) is 3.68. The Bertz CT molecular complexity index is 733. The van der Waals surface area contributed by atoms with Crippen molar-refractivity contribution in [3.63, 3.8) is 0 Å². The predicted molar refractivity (Wildman–Crippen MR) is 101 cm³/mol. The zero-order valence-corrected chi connectivity index (χ0v) is 15.7. The van der Waals surface area contributed by atoms with Crippen molar-refractivity contribution in [3.8, 4) is 17.0 Å². The molecule has 2 heterocycles. The lowest BCUT2D eigenvalue weighted by Gasteiger charge is -2.36. The highest BCUT2D eigenvalue weighted by Gasteiger charge is 2.23. The Morgan fingerprint density at radius 1 is 1.38 bits per heavy atom. The first-order valence-electron chi connectivity index (χ1n) is 8.78. The van der Waals surface area contributed by atoms with Crippen LogP contribution in [0, 0.1) is 6.92 Å². The zero-order chi connectivity index (χ0) is 18.7. The van der Waals surface area contributed by atoms with E-state index in [1.54, 1.807) is 12.3 Å². The second-order valence-electron chi connectivity index (χ2n) is 6.79. The minimum atomic E-state index is 0.0627. The standard InChI is InChI=1S/C18H24ClN5O2/c1-11-6-13(19)7-16(26)17(11)15-8-20-18(23-22-15)21-14-4-3-5-24(9-14)12(2)10-25/h6-8,12,14,25-26H,3-5,9-10H2,1-2H3,(H,20,21,23). The third-order valence-electron chi connectivity index (χ3n) is 4.77. The van der Waals surface area contributed by atoms with Gasteiger partial charge in [0.25, 0.3) is 0 Å². The molecule has 1 aliphatic heterocycles. The number of aliphatic hydroxyl groups is 1. The molecular weight excluding hydrogens is 354 g/mol. The van der Waals surface area contributed by atoms with Gasteiger partial charge in [-0.3, -0.25) is 4.90 Å². The summed E-state index contributed by atoms with van der Waals surface area (Å²) in [6, 6.07) is 3.62. The molecule has 1 fully saturated rings. The van der Waals surface area contributed by atoms with Gasteiger partial charge >= 0.3 is 0 Å². The number of hydrogen-bond donors (Lipinski definition) is 3. The number of phenolic OH excluding ortho intramolecular Hbond substituents is 1. The van der Waals surface area contributed by atoms with E-state index in [-0.39, 0.29) is 24.4 Å². The van der Waals surface area contributed by atoms with Gasteiger partial charge in [-0.15, -0.1) is 10.2 Å². The molecule has 3 N–H and O–H groups in total. The number of piperidine rings is 1. The Morgan fingerprint density at radius 3 is 2.85 bits per heavy atom. The summed E-state index contributed by atoms with van der Waals surface area (Å²) in [6.45, 7) is 5.87. The number of benzene rings is 1. The Labute approximate surface area is 158 Å². The normalized spacial score (nSPS) is 19.3. The average Bonchev–Trinajstić information content (AvgIpc) is 2.62. The second kappa shape index (κ2) is 8.16. The minimum absolute atomic E-state index is 0.0627. The number of halogens is 1. The fourth-order valence-corrected chi connectivity index (χ4v) is 3.60. The topological polar surface area (TPSA) is 94.4 Å². The van der Waals surface area contributed by atoms with Gasteiger partial charge in [0, 0.05) is 29.2 Å². The molecule has 2 aromatic rings. The summed E-state index contributed by atoms with van der Waals surface area (Å²) in [4.78, 5) is 6.61. The molecule has 1 aromatic carbocycles. The molecule has 1 aliphatic rings. The predicted octanol–water partition coefficient (Wildman–Crippen LogP) is 2.46. The first-order chi connectivity index (χ1) is 12.5. The number of aromatic hydroxyl groups is 1. The molecule has 0 amide bonds. The number of aromatic nitrogens is 3. The van der Waals surface area contributed by atoms with Gasteiger partial charge in [-0.2, -0.15) is 0 Å². The number of phenols is 1. The first kappa shape index (κ1) is 18.8. The van der Waals surface area contributed by atoms with Crippen LogP contribution in [-0.4, -0.2) is 62.1 Å². The van der Waals surface area contributed by atoms with Crippen molar-refractivity contribution in [2.24, 2.45) is 0 Å². The van der Waals surface area contributed by atoms with Crippen LogP contribution in [-0.2, 0) is 0 Å². The number of aryl methyl sites for hydroxylation is 1. The zero-order valence-electron chi connectivity index (χ0n) is 15.0. The van der Waals surface area contributed by atoms with Gasteiger partial charge < -0.3 is 15.5 Å². The van der Waals surface area contributed by atoms with Crippen molar-refractivity contribution in [1.82, 2.24) is 20.1 Å². The van der Waals surface area contributed by atoms with E-state index in [4.69, 9.17) is 11.6 Å². The Hall–Kier alpha value is -1.96. The number of anilines is 1. The lowest BCUT2D eigenvalue weighted by atomic mass is 10.0. The molecule has 3 rings (SSSR count). The molecule has 1 aromatic heterocycles. The molecule has 1 saturated heterocycles. The molecule has 26 heavy (non-hydrogen) atoms. The van der Waals surface area contributed by atoms with Crippen molar-refractivity contribution >= 4 is 17.5 Å². The van der Waals surface area contributed by atoms with Gasteiger partial charge in [0.05, 0.1) is 12.8 Å². The summed E-state index contributed by atoms with van der Waals surface area (Å²) in [7, 11) is 0. The minimum Gasteiger partial charge on any atom is -0.507 e. The number of nitrogens with one attached hydrogen (secondary N) is 1. The molecule has 0 spiro atoms. The van der Waals surface area contributed by atoms with Crippen molar-refractivity contribution in [1.29, 1.82) is 0 Å². The third kappa shape index (κ3) is 4.23. The molecule has 0 aliphatic carbocycles. The van der Waals surface area contributed by atoms with Crippen molar-refractivity contribution in [3.05, 3.63) is 28.9 Å². The highest BCUT2D eigenvalue weighted by Crippen LogP contribution is 2.33. The van der Waals surface area contributed by atoms with Crippen molar-refractivity contribution < 1.29 is 10.2 Å². The number of nitrogens with zero attached hydrogens (tertiary/aromatic N) is 4. The molecule has 8 heteroatoms. The van der Waals surface area contributed by atoms with E-state index in [0.29, 0.717) is 22.2 Å². The highest BCUT2D eigenvalue weighted by atomic mass is 35.5. The fraction of sp³-hybridized carbons (Fsp3) is 0.500. The quantitative estimate of drug-likeness (QED) is 0.736. The van der Waals surface area contributed by atoms with Crippen molar-refractivity contribution in [2.45, 2.75) is 38.8 Å². The van der Waals surface area contributed by atoms with Gasteiger partial charge in [0.1, 0.15) is 11.4 Å². The van der Waals surface area contributed by atoms with E-state index >= 15 is 0 Å². The summed E-state index contributed by atoms with van der Waals surface area (Å²) in [5, 5.41) is 31.6. The van der Waals surface area contributed by atoms with Crippen LogP contribution in [0.2, 0.25) is 5.02 Å². The molecule has 0 bridgehead atoms. The van der Waals surface area contributed by atoms with Crippen LogP contribution in [0.3, 0.4) is 0 Å². The smallest absolute Gasteiger partial charge is 0.242 e. The molecule has 2 unspecified atom stereocenters. The van der Waals surface area contributed by atoms with E-state index < -0.39 is 0 Å². The SMILES string of the molecule is Cc1cc(Cl)cc(O)c1-c1cnc(NC2CCCN(C(C)CO)C2)nn1. The van der Waals surface area contributed by atoms with E-state index in [1.165, 1.54) is 6.07 Å². The summed E-state index contributed by atoms with van der Waals surface area (Å²) in [5.41, 5.74) is 1.90. The Balaban J connectivity index is 1.71. The van der Waals surface area contributed by atoms with Crippen LogP contribution in [0.1, 0.15) is 25.3 Å². The van der Waals surface area contributed by atoms with E-state index in [1.807, 2.05) is 13.8 Å². The number of hydrogen-bond acceptors (Lipinski definition) is 7. The molecule has 7 nitrogen and oxygen atoms in total. The van der Waals surface area contributed by atoms with Crippen LogP contribution < -0.4 is 5.32 Å². The van der Waals surface area contributed by atoms with Gasteiger partial charge in [-0.05, 0) is 50.9 Å². The summed E-state index contributed by atoms with van der Waals surface area (Å²) in [5.74, 6) is 0.524. The van der Waals surface area contributed by atoms with E-state index in [9.17, 15) is 10.2 Å². The van der Waals surface area contributed by atoms with Crippen LogP contribution in [0.15, 0.2) is 18.3 Å². The first-order valence-corrected chi connectivity index (χ1v) is 9.16. The van der Waals surface area contributed by atoms with Crippen molar-refractivity contribution in [2.75, 3.05) is 25.0 Å². The van der Waals surface area contributed by atoms with Crippen LogP contribution in [0.25, 0.3) is 11.3 Å².